The Kier molecular flexibility index (Phi) is 6.78. The van der Waals surface area contributed by atoms with E-state index in [4.69, 9.17) is 5.26 Å². The average Bonchev–Trinajstić information content (AvgIpc) is 3.36. The van der Waals surface area contributed by atoms with Crippen LogP contribution in [-0.2, 0) is 11.5 Å². The molecule has 2 aliphatic rings. The number of nitrogens with zero attached hydrogens (tertiary/aromatic N) is 4. The molecule has 2 heterocycles. The van der Waals surface area contributed by atoms with Crippen LogP contribution in [0.1, 0.15) is 37.7 Å². The van der Waals surface area contributed by atoms with Gasteiger partial charge in [-0.15, -0.1) is 10.2 Å². The molecule has 1 aliphatic carbocycles. The van der Waals surface area contributed by atoms with Gasteiger partial charge in [-0.25, -0.2) is 4.89 Å². The SMILES string of the molecule is OOCc1ccc(-c2nnc(-c3ccc(N4CCN(C5CCCCC5)CC4)cc3)s2)cc1. The van der Waals surface area contributed by atoms with Crippen molar-refractivity contribution in [3.8, 4) is 21.1 Å². The number of rotatable bonds is 6. The highest BCUT2D eigenvalue weighted by molar-refractivity contribution is 7.17. The van der Waals surface area contributed by atoms with Crippen molar-refractivity contribution >= 4 is 17.0 Å². The summed E-state index contributed by atoms with van der Waals surface area (Å²) in [5, 5.41) is 19.2. The highest BCUT2D eigenvalue weighted by Gasteiger charge is 2.25. The lowest BCUT2D eigenvalue weighted by Gasteiger charge is -2.41. The molecule has 7 heteroatoms. The van der Waals surface area contributed by atoms with Gasteiger partial charge in [-0.3, -0.25) is 10.2 Å². The zero-order valence-electron chi connectivity index (χ0n) is 18.3. The molecule has 1 saturated carbocycles. The van der Waals surface area contributed by atoms with Gasteiger partial charge in [0.05, 0.1) is 0 Å². The largest absolute Gasteiger partial charge is 0.369 e. The first-order chi connectivity index (χ1) is 15.8. The maximum atomic E-state index is 8.58. The maximum Gasteiger partial charge on any atom is 0.148 e. The lowest BCUT2D eigenvalue weighted by Crippen LogP contribution is -2.50. The molecule has 5 rings (SSSR count). The number of piperazine rings is 1. The van der Waals surface area contributed by atoms with Crippen molar-refractivity contribution in [1.82, 2.24) is 15.1 Å². The van der Waals surface area contributed by atoms with Crippen molar-refractivity contribution in [3.05, 3.63) is 54.1 Å². The Morgan fingerprint density at radius 1 is 0.812 bits per heavy atom. The second kappa shape index (κ2) is 10.1. The standard InChI is InChI=1S/C25H30N4O2S/c30-31-18-19-6-8-20(9-7-19)24-26-27-25(32-24)21-10-12-23(13-11-21)29-16-14-28(15-17-29)22-4-2-1-3-5-22/h6-13,22,30H,1-5,14-18H2. The summed E-state index contributed by atoms with van der Waals surface area (Å²) in [5.74, 6) is 0. The van der Waals surface area contributed by atoms with Crippen LogP contribution in [0.2, 0.25) is 0 Å². The topological polar surface area (TPSA) is 61.7 Å². The molecule has 2 aromatic carbocycles. The van der Waals surface area contributed by atoms with E-state index >= 15 is 0 Å². The first kappa shape index (κ1) is 21.5. The summed E-state index contributed by atoms with van der Waals surface area (Å²) in [6.45, 7) is 4.75. The smallest absolute Gasteiger partial charge is 0.148 e. The number of anilines is 1. The molecule has 0 atom stereocenters. The molecule has 32 heavy (non-hydrogen) atoms. The summed E-state index contributed by atoms with van der Waals surface area (Å²) in [6, 6.07) is 17.4. The summed E-state index contributed by atoms with van der Waals surface area (Å²) in [6.07, 6.45) is 7.01. The van der Waals surface area contributed by atoms with Gasteiger partial charge in [0.25, 0.3) is 0 Å². The van der Waals surface area contributed by atoms with Gasteiger partial charge in [-0.1, -0.05) is 54.9 Å². The second-order valence-electron chi connectivity index (χ2n) is 8.74. The first-order valence-electron chi connectivity index (χ1n) is 11.6. The summed E-state index contributed by atoms with van der Waals surface area (Å²) < 4.78 is 0. The van der Waals surface area contributed by atoms with Crippen molar-refractivity contribution in [2.24, 2.45) is 0 Å². The number of hydrogen-bond donors (Lipinski definition) is 1. The van der Waals surface area contributed by atoms with Crippen molar-refractivity contribution in [2.45, 2.75) is 44.8 Å². The van der Waals surface area contributed by atoms with Gasteiger partial charge in [0.15, 0.2) is 0 Å². The van der Waals surface area contributed by atoms with E-state index in [1.807, 2.05) is 24.3 Å². The van der Waals surface area contributed by atoms with Crippen molar-refractivity contribution < 1.29 is 10.1 Å². The van der Waals surface area contributed by atoms with Crippen LogP contribution in [0.4, 0.5) is 5.69 Å². The van der Waals surface area contributed by atoms with Crippen molar-refractivity contribution in [3.63, 3.8) is 0 Å². The minimum Gasteiger partial charge on any atom is -0.369 e. The molecule has 0 spiro atoms. The molecule has 0 radical (unpaired) electrons. The molecular formula is C25H30N4O2S. The lowest BCUT2D eigenvalue weighted by atomic mass is 9.94. The Bertz CT molecular complexity index is 992. The Morgan fingerprint density at radius 2 is 1.41 bits per heavy atom. The van der Waals surface area contributed by atoms with Crippen LogP contribution in [-0.4, -0.2) is 52.6 Å². The van der Waals surface area contributed by atoms with E-state index in [9.17, 15) is 0 Å². The van der Waals surface area contributed by atoms with Crippen molar-refractivity contribution in [1.29, 1.82) is 0 Å². The van der Waals surface area contributed by atoms with E-state index in [0.29, 0.717) is 0 Å². The molecule has 3 aromatic rings. The minimum atomic E-state index is 0.184. The Morgan fingerprint density at radius 3 is 2.00 bits per heavy atom. The van der Waals surface area contributed by atoms with Crippen LogP contribution in [0.5, 0.6) is 0 Å². The zero-order valence-corrected chi connectivity index (χ0v) is 19.1. The van der Waals surface area contributed by atoms with Gasteiger partial charge in [-0.2, -0.15) is 0 Å². The third-order valence-electron chi connectivity index (χ3n) is 6.74. The number of benzene rings is 2. The Labute approximate surface area is 193 Å². The third kappa shape index (κ3) is 4.86. The first-order valence-corrected chi connectivity index (χ1v) is 12.4. The third-order valence-corrected chi connectivity index (χ3v) is 7.76. The van der Waals surface area contributed by atoms with E-state index in [1.165, 1.54) is 50.9 Å². The normalized spacial score (nSPS) is 18.2. The van der Waals surface area contributed by atoms with E-state index in [-0.39, 0.29) is 6.61 Å². The Hall–Kier alpha value is -2.32. The van der Waals surface area contributed by atoms with Crippen LogP contribution < -0.4 is 4.90 Å². The van der Waals surface area contributed by atoms with Gasteiger partial charge in [-0.05, 0) is 42.7 Å². The fraction of sp³-hybridized carbons (Fsp3) is 0.440. The summed E-state index contributed by atoms with van der Waals surface area (Å²) in [4.78, 5) is 9.42. The molecule has 168 valence electrons. The quantitative estimate of drug-likeness (QED) is 0.405. The second-order valence-corrected chi connectivity index (χ2v) is 9.72. The Balaban J connectivity index is 1.21. The van der Waals surface area contributed by atoms with Gasteiger partial charge in [0.1, 0.15) is 16.6 Å². The zero-order chi connectivity index (χ0) is 21.8. The summed E-state index contributed by atoms with van der Waals surface area (Å²) in [7, 11) is 0. The molecule has 6 nitrogen and oxygen atoms in total. The van der Waals surface area contributed by atoms with Crippen LogP contribution in [0.3, 0.4) is 0 Å². The summed E-state index contributed by atoms with van der Waals surface area (Å²) in [5.41, 5.74) is 4.33. The molecule has 2 fully saturated rings. The lowest BCUT2D eigenvalue weighted by molar-refractivity contribution is -0.253. The predicted molar refractivity (Wildman–Crippen MR) is 129 cm³/mol. The highest BCUT2D eigenvalue weighted by atomic mass is 32.1. The molecule has 0 unspecified atom stereocenters. The average molecular weight is 451 g/mol. The van der Waals surface area contributed by atoms with Crippen LogP contribution >= 0.6 is 11.3 Å². The van der Waals surface area contributed by atoms with Crippen LogP contribution in [0.25, 0.3) is 21.1 Å². The van der Waals surface area contributed by atoms with E-state index in [1.54, 1.807) is 11.3 Å². The maximum absolute atomic E-state index is 8.58. The summed E-state index contributed by atoms with van der Waals surface area (Å²) >= 11 is 1.59. The minimum absolute atomic E-state index is 0.184. The van der Waals surface area contributed by atoms with Crippen LogP contribution in [0.15, 0.2) is 48.5 Å². The molecular weight excluding hydrogens is 420 g/mol. The van der Waals surface area contributed by atoms with Crippen molar-refractivity contribution in [2.75, 3.05) is 31.1 Å². The van der Waals surface area contributed by atoms with E-state index < -0.39 is 0 Å². The number of aromatic nitrogens is 2. The van der Waals surface area contributed by atoms with Gasteiger partial charge < -0.3 is 4.90 Å². The van der Waals surface area contributed by atoms with Gasteiger partial charge >= 0.3 is 0 Å². The monoisotopic (exact) mass is 450 g/mol. The molecule has 1 N–H and O–H groups in total. The molecule has 1 aliphatic heterocycles. The molecule has 1 saturated heterocycles. The molecule has 0 amide bonds. The number of hydrogen-bond acceptors (Lipinski definition) is 7. The van der Waals surface area contributed by atoms with Gasteiger partial charge in [0.2, 0.25) is 0 Å². The molecule has 0 bridgehead atoms. The van der Waals surface area contributed by atoms with Gasteiger partial charge in [0, 0.05) is 49.0 Å². The van der Waals surface area contributed by atoms with E-state index in [2.05, 4.69) is 49.2 Å². The predicted octanol–water partition coefficient (Wildman–Crippen LogP) is 5.32. The fourth-order valence-electron chi connectivity index (χ4n) is 4.88. The molecule has 1 aromatic heterocycles. The van der Waals surface area contributed by atoms with Crippen LogP contribution in [0, 0.1) is 0 Å². The fourth-order valence-corrected chi connectivity index (χ4v) is 5.74. The van der Waals surface area contributed by atoms with E-state index in [0.717, 1.165) is 45.8 Å². The highest BCUT2D eigenvalue weighted by Crippen LogP contribution is 2.31.